The van der Waals surface area contributed by atoms with Crippen molar-refractivity contribution in [3.63, 3.8) is 0 Å². The normalized spacial score (nSPS) is 10.9. The van der Waals surface area contributed by atoms with Crippen molar-refractivity contribution in [1.82, 2.24) is 0 Å². The highest BCUT2D eigenvalue weighted by Crippen LogP contribution is 2.39. The molecule has 0 fully saturated rings. The summed E-state index contributed by atoms with van der Waals surface area (Å²) in [4.78, 5) is 2.28. The van der Waals surface area contributed by atoms with E-state index in [9.17, 15) is 0 Å². The van der Waals surface area contributed by atoms with E-state index in [1.54, 1.807) is 0 Å². The second-order valence-corrected chi connectivity index (χ2v) is 9.21. The van der Waals surface area contributed by atoms with Crippen LogP contribution in [0.5, 0.6) is 5.75 Å². The van der Waals surface area contributed by atoms with E-state index in [4.69, 9.17) is 4.74 Å². The average molecular weight is 458 g/mol. The molecule has 0 saturated carbocycles. The van der Waals surface area contributed by atoms with Gasteiger partial charge in [0.2, 0.25) is 0 Å². The molecule has 0 radical (unpaired) electrons. The van der Waals surface area contributed by atoms with Crippen LogP contribution in [-0.2, 0) is 0 Å². The van der Waals surface area contributed by atoms with Gasteiger partial charge in [-0.1, -0.05) is 126 Å². The summed E-state index contributed by atoms with van der Waals surface area (Å²) >= 11 is 0. The van der Waals surface area contributed by atoms with Crippen molar-refractivity contribution in [2.75, 3.05) is 11.5 Å². The number of benzene rings is 3. The van der Waals surface area contributed by atoms with Crippen LogP contribution >= 0.6 is 0 Å². The fourth-order valence-electron chi connectivity index (χ4n) is 4.47. The third kappa shape index (κ3) is 8.89. The first-order valence-electron chi connectivity index (χ1n) is 13.5. The standard InChI is InChI=1S/C32H43NO/c1-2-3-4-5-6-7-8-9-10-11-12-21-28-34-32-27-20-19-26-31(32)33(29-22-15-13-16-23-29)30-24-17-14-18-25-30/h13-20,22-27H,2-12,21,28H2,1H3. The molecule has 0 heterocycles. The lowest BCUT2D eigenvalue weighted by atomic mass is 10.1. The Bertz CT molecular complexity index is 854. The van der Waals surface area contributed by atoms with Crippen LogP contribution in [0.2, 0.25) is 0 Å². The van der Waals surface area contributed by atoms with Gasteiger partial charge >= 0.3 is 0 Å². The Kier molecular flexibility index (Phi) is 12.2. The highest BCUT2D eigenvalue weighted by Gasteiger charge is 2.16. The summed E-state index contributed by atoms with van der Waals surface area (Å²) in [5.41, 5.74) is 3.35. The molecule has 0 amide bonds. The van der Waals surface area contributed by atoms with Gasteiger partial charge in [0, 0.05) is 11.4 Å². The van der Waals surface area contributed by atoms with Crippen molar-refractivity contribution < 1.29 is 4.74 Å². The minimum Gasteiger partial charge on any atom is -0.491 e. The largest absolute Gasteiger partial charge is 0.491 e. The number of unbranched alkanes of at least 4 members (excludes halogenated alkanes) is 11. The first-order valence-corrected chi connectivity index (χ1v) is 13.5. The van der Waals surface area contributed by atoms with Crippen LogP contribution in [0, 0.1) is 0 Å². The maximum Gasteiger partial charge on any atom is 0.143 e. The first-order chi connectivity index (χ1) is 16.9. The van der Waals surface area contributed by atoms with Crippen LogP contribution in [0.4, 0.5) is 17.1 Å². The summed E-state index contributed by atoms with van der Waals surface area (Å²) in [6.07, 6.45) is 16.3. The first kappa shape index (κ1) is 25.9. The van der Waals surface area contributed by atoms with Crippen LogP contribution in [0.25, 0.3) is 0 Å². The Balaban J connectivity index is 1.44. The molecule has 3 aromatic rings. The van der Waals surface area contributed by atoms with Gasteiger partial charge in [-0.05, 0) is 42.8 Å². The van der Waals surface area contributed by atoms with Crippen LogP contribution in [0.3, 0.4) is 0 Å². The molecule has 0 aromatic heterocycles. The second kappa shape index (κ2) is 16.0. The van der Waals surface area contributed by atoms with Crippen molar-refractivity contribution in [2.24, 2.45) is 0 Å². The lowest BCUT2D eigenvalue weighted by Crippen LogP contribution is -2.11. The summed E-state index contributed by atoms with van der Waals surface area (Å²) < 4.78 is 6.31. The molecule has 0 aliphatic heterocycles. The molecule has 34 heavy (non-hydrogen) atoms. The van der Waals surface area contributed by atoms with E-state index in [1.165, 1.54) is 70.6 Å². The minimum absolute atomic E-state index is 0.770. The molecular weight excluding hydrogens is 414 g/mol. The number of rotatable bonds is 17. The monoisotopic (exact) mass is 457 g/mol. The van der Waals surface area contributed by atoms with Gasteiger partial charge in [-0.25, -0.2) is 0 Å². The fraction of sp³-hybridized carbons (Fsp3) is 0.438. The molecule has 0 N–H and O–H groups in total. The molecule has 2 heteroatoms. The fourth-order valence-corrected chi connectivity index (χ4v) is 4.47. The number of hydrogen-bond acceptors (Lipinski definition) is 2. The zero-order chi connectivity index (χ0) is 23.7. The summed E-state index contributed by atoms with van der Waals surface area (Å²) in [6, 6.07) is 29.4. The highest BCUT2D eigenvalue weighted by atomic mass is 16.5. The Morgan fingerprint density at radius 2 is 0.941 bits per heavy atom. The van der Waals surface area contributed by atoms with Crippen molar-refractivity contribution in [3.8, 4) is 5.75 Å². The maximum absolute atomic E-state index is 6.31. The van der Waals surface area contributed by atoms with Crippen LogP contribution in [-0.4, -0.2) is 6.61 Å². The zero-order valence-corrected chi connectivity index (χ0v) is 21.1. The van der Waals surface area contributed by atoms with Gasteiger partial charge in [0.1, 0.15) is 5.75 Å². The van der Waals surface area contributed by atoms with Crippen LogP contribution in [0.1, 0.15) is 84.0 Å². The molecule has 0 atom stereocenters. The molecule has 3 rings (SSSR count). The predicted octanol–water partition coefficient (Wildman–Crippen LogP) is 10.2. The van der Waals surface area contributed by atoms with Gasteiger partial charge in [-0.3, -0.25) is 0 Å². The molecule has 0 aliphatic rings. The number of hydrogen-bond donors (Lipinski definition) is 0. The third-order valence-corrected chi connectivity index (χ3v) is 6.39. The number of anilines is 3. The van der Waals surface area contributed by atoms with E-state index in [-0.39, 0.29) is 0 Å². The van der Waals surface area contributed by atoms with Crippen molar-refractivity contribution in [1.29, 1.82) is 0 Å². The van der Waals surface area contributed by atoms with E-state index >= 15 is 0 Å². The predicted molar refractivity (Wildman–Crippen MR) is 148 cm³/mol. The molecule has 0 unspecified atom stereocenters. The average Bonchev–Trinajstić information content (AvgIpc) is 2.89. The zero-order valence-electron chi connectivity index (χ0n) is 21.1. The van der Waals surface area contributed by atoms with Gasteiger partial charge in [0.15, 0.2) is 0 Å². The molecular formula is C32H43NO. The molecule has 0 spiro atoms. The topological polar surface area (TPSA) is 12.5 Å². The van der Waals surface area contributed by atoms with Crippen molar-refractivity contribution >= 4 is 17.1 Å². The Hall–Kier alpha value is -2.74. The molecule has 0 saturated heterocycles. The Morgan fingerprint density at radius 3 is 1.47 bits per heavy atom. The molecule has 0 bridgehead atoms. The van der Waals surface area contributed by atoms with Crippen molar-refractivity contribution in [2.45, 2.75) is 84.0 Å². The lowest BCUT2D eigenvalue weighted by molar-refractivity contribution is 0.305. The SMILES string of the molecule is CCCCCCCCCCCCCCOc1ccccc1N(c1ccccc1)c1ccccc1. The van der Waals surface area contributed by atoms with E-state index in [0.717, 1.165) is 35.8 Å². The number of para-hydroxylation sites is 4. The van der Waals surface area contributed by atoms with Gasteiger partial charge in [-0.2, -0.15) is 0 Å². The maximum atomic E-state index is 6.31. The van der Waals surface area contributed by atoms with Crippen LogP contribution < -0.4 is 9.64 Å². The highest BCUT2D eigenvalue weighted by molar-refractivity contribution is 5.79. The number of ether oxygens (including phenoxy) is 1. The van der Waals surface area contributed by atoms with Gasteiger partial charge < -0.3 is 9.64 Å². The van der Waals surface area contributed by atoms with Crippen LogP contribution in [0.15, 0.2) is 84.9 Å². The van der Waals surface area contributed by atoms with E-state index < -0.39 is 0 Å². The van der Waals surface area contributed by atoms with Gasteiger partial charge in [0.25, 0.3) is 0 Å². The smallest absolute Gasteiger partial charge is 0.143 e. The van der Waals surface area contributed by atoms with Gasteiger partial charge in [0.05, 0.1) is 12.3 Å². The minimum atomic E-state index is 0.770. The Labute approximate surface area is 208 Å². The summed E-state index contributed by atoms with van der Waals surface area (Å²) in [7, 11) is 0. The molecule has 3 aromatic carbocycles. The summed E-state index contributed by atoms with van der Waals surface area (Å²) in [5, 5.41) is 0. The summed E-state index contributed by atoms with van der Waals surface area (Å²) in [6.45, 7) is 3.06. The molecule has 2 nitrogen and oxygen atoms in total. The van der Waals surface area contributed by atoms with E-state index in [1.807, 2.05) is 0 Å². The van der Waals surface area contributed by atoms with E-state index in [2.05, 4.69) is 96.8 Å². The number of nitrogens with zero attached hydrogens (tertiary/aromatic N) is 1. The molecule has 182 valence electrons. The van der Waals surface area contributed by atoms with E-state index in [0.29, 0.717) is 0 Å². The summed E-state index contributed by atoms with van der Waals surface area (Å²) in [5.74, 6) is 0.943. The Morgan fingerprint density at radius 1 is 0.500 bits per heavy atom. The lowest BCUT2D eigenvalue weighted by Gasteiger charge is -2.27. The van der Waals surface area contributed by atoms with Crippen molar-refractivity contribution in [3.05, 3.63) is 84.9 Å². The molecule has 0 aliphatic carbocycles. The third-order valence-electron chi connectivity index (χ3n) is 6.39. The quantitative estimate of drug-likeness (QED) is 0.187. The second-order valence-electron chi connectivity index (χ2n) is 9.21. The van der Waals surface area contributed by atoms with Gasteiger partial charge in [-0.15, -0.1) is 0 Å².